The number of nitriles is 2. The summed E-state index contributed by atoms with van der Waals surface area (Å²) in [6, 6.07) is 25.3. The molecule has 0 N–H and O–H groups in total. The SMILES string of the molecule is C=CCC(C#N)(C#N)C1=C(C(/C=C/c2ccccc2)c2ccccc2)CCC(=C)C1(C)C. The third-order valence-corrected chi connectivity index (χ3v) is 6.60. The molecule has 2 aromatic rings. The molecule has 0 radical (unpaired) electrons. The Labute approximate surface area is 192 Å². The van der Waals surface area contributed by atoms with Crippen molar-refractivity contribution in [2.24, 2.45) is 10.8 Å². The number of allylic oxidation sites excluding steroid dienone is 5. The molecule has 0 aliphatic heterocycles. The molecule has 0 saturated carbocycles. The third-order valence-electron chi connectivity index (χ3n) is 6.60. The van der Waals surface area contributed by atoms with Gasteiger partial charge in [-0.05, 0) is 29.5 Å². The molecule has 2 aromatic carbocycles. The summed E-state index contributed by atoms with van der Waals surface area (Å²) >= 11 is 0. The lowest BCUT2D eigenvalue weighted by Gasteiger charge is -2.43. The maximum absolute atomic E-state index is 10.3. The molecular weight excluding hydrogens is 388 g/mol. The van der Waals surface area contributed by atoms with Crippen molar-refractivity contribution in [3.05, 3.63) is 114 Å². The zero-order chi connectivity index (χ0) is 23.2. The first-order chi connectivity index (χ1) is 15.4. The van der Waals surface area contributed by atoms with E-state index < -0.39 is 10.8 Å². The van der Waals surface area contributed by atoms with Gasteiger partial charge in [-0.1, -0.05) is 110 Å². The Bertz CT molecular complexity index is 1100. The van der Waals surface area contributed by atoms with Gasteiger partial charge in [-0.15, -0.1) is 6.58 Å². The number of benzene rings is 2. The Morgan fingerprint density at radius 2 is 1.59 bits per heavy atom. The van der Waals surface area contributed by atoms with Crippen LogP contribution in [0.1, 0.15) is 50.2 Å². The van der Waals surface area contributed by atoms with Gasteiger partial charge in [-0.3, -0.25) is 0 Å². The minimum atomic E-state index is -1.27. The third kappa shape index (κ3) is 4.37. The van der Waals surface area contributed by atoms with Crippen molar-refractivity contribution in [1.82, 2.24) is 0 Å². The van der Waals surface area contributed by atoms with E-state index in [0.717, 1.165) is 40.7 Å². The smallest absolute Gasteiger partial charge is 0.169 e. The second-order valence-electron chi connectivity index (χ2n) is 8.91. The summed E-state index contributed by atoms with van der Waals surface area (Å²) in [6.07, 6.45) is 7.93. The predicted molar refractivity (Wildman–Crippen MR) is 132 cm³/mol. The fraction of sp³-hybridized carbons (Fsp3) is 0.267. The number of nitrogens with zero attached hydrogens (tertiary/aromatic N) is 2. The number of rotatable bonds is 7. The number of hydrogen-bond acceptors (Lipinski definition) is 2. The molecule has 1 unspecified atom stereocenters. The van der Waals surface area contributed by atoms with Gasteiger partial charge in [0, 0.05) is 17.8 Å². The van der Waals surface area contributed by atoms with Crippen molar-refractivity contribution < 1.29 is 0 Å². The lowest BCUT2D eigenvalue weighted by Crippen LogP contribution is -2.35. The average molecular weight is 419 g/mol. The van der Waals surface area contributed by atoms with Crippen LogP contribution >= 0.6 is 0 Å². The average Bonchev–Trinajstić information content (AvgIpc) is 2.82. The van der Waals surface area contributed by atoms with Crippen molar-refractivity contribution in [2.45, 2.75) is 39.0 Å². The first kappa shape index (κ1) is 23.1. The highest BCUT2D eigenvalue weighted by atomic mass is 14.5. The largest absolute Gasteiger partial charge is 0.196 e. The van der Waals surface area contributed by atoms with E-state index >= 15 is 0 Å². The maximum Gasteiger partial charge on any atom is 0.169 e. The highest BCUT2D eigenvalue weighted by Gasteiger charge is 2.47. The number of hydrogen-bond donors (Lipinski definition) is 0. The van der Waals surface area contributed by atoms with Crippen LogP contribution in [0.4, 0.5) is 0 Å². The van der Waals surface area contributed by atoms with Crippen LogP contribution in [0.3, 0.4) is 0 Å². The van der Waals surface area contributed by atoms with Crippen molar-refractivity contribution in [2.75, 3.05) is 0 Å². The van der Waals surface area contributed by atoms with Crippen molar-refractivity contribution >= 4 is 6.08 Å². The van der Waals surface area contributed by atoms with Crippen LogP contribution in [0.2, 0.25) is 0 Å². The summed E-state index contributed by atoms with van der Waals surface area (Å²) < 4.78 is 0. The molecule has 0 spiro atoms. The molecule has 0 aromatic heterocycles. The van der Waals surface area contributed by atoms with Gasteiger partial charge in [0.05, 0.1) is 12.1 Å². The quantitative estimate of drug-likeness (QED) is 0.431. The van der Waals surface area contributed by atoms with Crippen LogP contribution in [0.15, 0.2) is 103 Å². The molecule has 0 saturated heterocycles. The van der Waals surface area contributed by atoms with E-state index in [1.807, 2.05) is 36.4 Å². The molecule has 0 amide bonds. The van der Waals surface area contributed by atoms with Crippen LogP contribution in [0.5, 0.6) is 0 Å². The summed E-state index contributed by atoms with van der Waals surface area (Å²) in [6.45, 7) is 12.4. The van der Waals surface area contributed by atoms with Crippen LogP contribution < -0.4 is 0 Å². The van der Waals surface area contributed by atoms with E-state index in [1.54, 1.807) is 6.08 Å². The van der Waals surface area contributed by atoms with Gasteiger partial charge < -0.3 is 0 Å². The minimum absolute atomic E-state index is 0.0373. The summed E-state index contributed by atoms with van der Waals surface area (Å²) in [5, 5.41) is 20.5. The Morgan fingerprint density at radius 1 is 1.00 bits per heavy atom. The van der Waals surface area contributed by atoms with Crippen LogP contribution in [-0.4, -0.2) is 0 Å². The molecule has 2 nitrogen and oxygen atoms in total. The fourth-order valence-corrected chi connectivity index (χ4v) is 4.83. The zero-order valence-corrected chi connectivity index (χ0v) is 19.0. The normalized spacial score (nSPS) is 16.9. The fourth-order valence-electron chi connectivity index (χ4n) is 4.83. The Hall–Kier alpha value is -3.62. The Balaban J connectivity index is 2.31. The zero-order valence-electron chi connectivity index (χ0n) is 19.0. The lowest BCUT2D eigenvalue weighted by molar-refractivity contribution is 0.395. The first-order valence-corrected chi connectivity index (χ1v) is 11.0. The van der Waals surface area contributed by atoms with E-state index in [9.17, 15) is 10.5 Å². The van der Waals surface area contributed by atoms with Gasteiger partial charge in [0.15, 0.2) is 5.41 Å². The molecule has 0 heterocycles. The summed E-state index contributed by atoms with van der Waals surface area (Å²) in [7, 11) is 0. The second-order valence-corrected chi connectivity index (χ2v) is 8.91. The van der Waals surface area contributed by atoms with Crippen LogP contribution in [-0.2, 0) is 0 Å². The molecular formula is C30H30N2. The van der Waals surface area contributed by atoms with Gasteiger partial charge >= 0.3 is 0 Å². The molecule has 0 bridgehead atoms. The van der Waals surface area contributed by atoms with Crippen molar-refractivity contribution in [1.29, 1.82) is 10.5 Å². The van der Waals surface area contributed by atoms with E-state index in [4.69, 9.17) is 0 Å². The molecule has 1 aliphatic carbocycles. The molecule has 0 fully saturated rings. The van der Waals surface area contributed by atoms with E-state index in [2.05, 4.69) is 75.6 Å². The van der Waals surface area contributed by atoms with Gasteiger partial charge in [0.25, 0.3) is 0 Å². The van der Waals surface area contributed by atoms with Crippen LogP contribution in [0.25, 0.3) is 6.08 Å². The molecule has 32 heavy (non-hydrogen) atoms. The van der Waals surface area contributed by atoms with E-state index in [0.29, 0.717) is 6.42 Å². The summed E-state index contributed by atoms with van der Waals surface area (Å²) in [4.78, 5) is 0. The van der Waals surface area contributed by atoms with Crippen molar-refractivity contribution in [3.63, 3.8) is 0 Å². The molecule has 1 atom stereocenters. The maximum atomic E-state index is 10.3. The van der Waals surface area contributed by atoms with E-state index in [1.165, 1.54) is 0 Å². The van der Waals surface area contributed by atoms with Gasteiger partial charge in [-0.2, -0.15) is 10.5 Å². The molecule has 2 heteroatoms. The highest BCUT2D eigenvalue weighted by Crippen LogP contribution is 2.55. The standard InChI is InChI=1S/C30H30N2/c1-5-20-30(21-31,22-32)28-27(18-16-23(2)29(28,3)4)26(25-14-10-7-11-15-25)19-17-24-12-8-6-9-13-24/h5-15,17,19,26H,1-2,16,18,20H2,3-4H3/b19-17+. The minimum Gasteiger partial charge on any atom is -0.196 e. The first-order valence-electron chi connectivity index (χ1n) is 11.0. The monoisotopic (exact) mass is 418 g/mol. The van der Waals surface area contributed by atoms with Crippen molar-refractivity contribution in [3.8, 4) is 12.1 Å². The predicted octanol–water partition coefficient (Wildman–Crippen LogP) is 7.77. The topological polar surface area (TPSA) is 47.6 Å². The Kier molecular flexibility index (Phi) is 6.97. The second kappa shape index (κ2) is 9.67. The molecule has 3 rings (SSSR count). The van der Waals surface area contributed by atoms with Gasteiger partial charge in [0.2, 0.25) is 0 Å². The van der Waals surface area contributed by atoms with E-state index in [-0.39, 0.29) is 5.92 Å². The molecule has 160 valence electrons. The summed E-state index contributed by atoms with van der Waals surface area (Å²) in [5.41, 5.74) is 3.64. The lowest BCUT2D eigenvalue weighted by atomic mass is 9.58. The van der Waals surface area contributed by atoms with Gasteiger partial charge in [0.1, 0.15) is 0 Å². The van der Waals surface area contributed by atoms with Crippen LogP contribution in [0, 0.1) is 33.5 Å². The molecule has 1 aliphatic rings. The Morgan fingerprint density at radius 3 is 2.16 bits per heavy atom. The summed E-state index contributed by atoms with van der Waals surface area (Å²) in [5.74, 6) is -0.0373. The van der Waals surface area contributed by atoms with Gasteiger partial charge in [-0.25, -0.2) is 0 Å². The highest BCUT2D eigenvalue weighted by molar-refractivity contribution is 5.56.